The maximum Gasteiger partial charge on any atom is 0.324 e. The van der Waals surface area contributed by atoms with Crippen LogP contribution in [0.15, 0.2) is 11.4 Å². The number of nitrogens with zero attached hydrogens (tertiary/aromatic N) is 1. The Morgan fingerprint density at radius 1 is 1.65 bits per heavy atom. The van der Waals surface area contributed by atoms with Crippen molar-refractivity contribution >= 4 is 22.2 Å². The Balaban J connectivity index is 2.46. The molecule has 3 N–H and O–H groups in total. The van der Waals surface area contributed by atoms with Crippen LogP contribution in [0.4, 0.5) is 5.00 Å². The zero-order valence-corrected chi connectivity index (χ0v) is 10.5. The van der Waals surface area contributed by atoms with Gasteiger partial charge in [-0.25, -0.2) is 0 Å². The molecule has 1 aromatic rings. The number of carbonyl (C=O) groups is 1. The lowest BCUT2D eigenvalue weighted by molar-refractivity contribution is -0.380. The second kappa shape index (κ2) is 5.24. The number of nitro groups is 1. The molecule has 1 rings (SSSR count). The van der Waals surface area contributed by atoms with Crippen molar-refractivity contribution in [2.75, 3.05) is 6.54 Å². The number of hydrogen-bond donors (Lipinski definition) is 2. The summed E-state index contributed by atoms with van der Waals surface area (Å²) in [6, 6.07) is 1.52. The summed E-state index contributed by atoms with van der Waals surface area (Å²) in [6.45, 7) is 4.42. The van der Waals surface area contributed by atoms with Crippen molar-refractivity contribution < 1.29 is 9.72 Å². The summed E-state index contributed by atoms with van der Waals surface area (Å²) in [5.74, 6) is -0.374. The summed E-state index contributed by atoms with van der Waals surface area (Å²) in [5.41, 5.74) is 5.44. The van der Waals surface area contributed by atoms with Crippen molar-refractivity contribution in [3.05, 3.63) is 27.1 Å². The van der Waals surface area contributed by atoms with Crippen molar-refractivity contribution in [2.24, 2.45) is 11.1 Å². The number of amides is 1. The highest BCUT2D eigenvalue weighted by Gasteiger charge is 2.24. The molecule has 0 aliphatic heterocycles. The summed E-state index contributed by atoms with van der Waals surface area (Å²) < 4.78 is 0. The predicted molar refractivity (Wildman–Crippen MR) is 65.7 cm³/mol. The molecule has 0 aromatic carbocycles. The van der Waals surface area contributed by atoms with Crippen LogP contribution in [0.3, 0.4) is 0 Å². The summed E-state index contributed by atoms with van der Waals surface area (Å²) in [5, 5.41) is 15.4. The van der Waals surface area contributed by atoms with Crippen LogP contribution in [-0.2, 0) is 11.3 Å². The number of nitrogens with one attached hydrogen (secondary N) is 1. The summed E-state index contributed by atoms with van der Waals surface area (Å²) in [7, 11) is 0. The highest BCUT2D eigenvalue weighted by atomic mass is 32.1. The molecule has 1 heterocycles. The lowest BCUT2D eigenvalue weighted by Crippen LogP contribution is -2.40. The van der Waals surface area contributed by atoms with Gasteiger partial charge >= 0.3 is 5.00 Å². The number of nitrogens with two attached hydrogens (primary N) is 1. The van der Waals surface area contributed by atoms with Gasteiger partial charge in [0, 0.05) is 24.5 Å². The largest absolute Gasteiger partial charge is 0.369 e. The maximum absolute atomic E-state index is 11.1. The molecule has 0 radical (unpaired) electrons. The molecule has 6 nitrogen and oxygen atoms in total. The first-order valence-electron chi connectivity index (χ1n) is 5.05. The number of rotatable bonds is 6. The van der Waals surface area contributed by atoms with E-state index in [1.807, 2.05) is 0 Å². The van der Waals surface area contributed by atoms with Crippen LogP contribution < -0.4 is 11.1 Å². The Morgan fingerprint density at radius 2 is 2.29 bits per heavy atom. The molecular weight excluding hydrogens is 242 g/mol. The van der Waals surface area contributed by atoms with Crippen LogP contribution in [0.5, 0.6) is 0 Å². The third-order valence-corrected chi connectivity index (χ3v) is 3.31. The average Bonchev–Trinajstić information content (AvgIpc) is 2.66. The molecule has 7 heteroatoms. The van der Waals surface area contributed by atoms with Crippen LogP contribution in [0, 0.1) is 15.5 Å². The van der Waals surface area contributed by atoms with Gasteiger partial charge in [-0.05, 0) is 19.4 Å². The minimum atomic E-state index is -0.623. The van der Waals surface area contributed by atoms with E-state index in [0.29, 0.717) is 13.1 Å². The lowest BCUT2D eigenvalue weighted by atomic mass is 9.93. The Kier molecular flexibility index (Phi) is 4.19. The predicted octanol–water partition coefficient (Wildman–Crippen LogP) is 1.26. The molecule has 1 amide bonds. The number of carbonyl (C=O) groups excluding carboxylic acids is 1. The zero-order valence-electron chi connectivity index (χ0n) is 9.73. The summed E-state index contributed by atoms with van der Waals surface area (Å²) in [6.07, 6.45) is 0. The van der Waals surface area contributed by atoms with E-state index in [2.05, 4.69) is 5.32 Å². The van der Waals surface area contributed by atoms with Gasteiger partial charge in [0.15, 0.2) is 0 Å². The monoisotopic (exact) mass is 257 g/mol. The second-order valence-electron chi connectivity index (χ2n) is 4.40. The van der Waals surface area contributed by atoms with Crippen LogP contribution in [-0.4, -0.2) is 17.4 Å². The van der Waals surface area contributed by atoms with E-state index in [0.717, 1.165) is 16.9 Å². The van der Waals surface area contributed by atoms with Gasteiger partial charge in [0.25, 0.3) is 0 Å². The van der Waals surface area contributed by atoms with E-state index in [4.69, 9.17) is 5.73 Å². The Morgan fingerprint density at radius 3 is 2.76 bits per heavy atom. The number of primary amides is 1. The van der Waals surface area contributed by atoms with Gasteiger partial charge in [0.05, 0.1) is 10.3 Å². The van der Waals surface area contributed by atoms with E-state index in [1.165, 1.54) is 6.07 Å². The summed E-state index contributed by atoms with van der Waals surface area (Å²) >= 11 is 1.09. The topological polar surface area (TPSA) is 98.3 Å². The van der Waals surface area contributed by atoms with Gasteiger partial charge in [-0.15, -0.1) is 0 Å². The molecule has 0 aliphatic carbocycles. The lowest BCUT2D eigenvalue weighted by Gasteiger charge is -2.20. The van der Waals surface area contributed by atoms with Gasteiger partial charge in [-0.1, -0.05) is 11.3 Å². The first-order valence-corrected chi connectivity index (χ1v) is 5.93. The SMILES string of the molecule is CC(C)(CNCc1csc([N+](=O)[O-])c1)C(N)=O. The first kappa shape index (κ1) is 13.6. The average molecular weight is 257 g/mol. The normalized spacial score (nSPS) is 11.4. The highest BCUT2D eigenvalue weighted by Crippen LogP contribution is 2.22. The quantitative estimate of drug-likeness (QED) is 0.592. The van der Waals surface area contributed by atoms with Crippen LogP contribution in [0.25, 0.3) is 0 Å². The highest BCUT2D eigenvalue weighted by molar-refractivity contribution is 7.13. The van der Waals surface area contributed by atoms with Gasteiger partial charge in [-0.2, -0.15) is 0 Å². The fourth-order valence-corrected chi connectivity index (χ4v) is 1.89. The van der Waals surface area contributed by atoms with Gasteiger partial charge in [-0.3, -0.25) is 14.9 Å². The van der Waals surface area contributed by atoms with Crippen molar-refractivity contribution in [2.45, 2.75) is 20.4 Å². The molecule has 0 saturated heterocycles. The van der Waals surface area contributed by atoms with Gasteiger partial charge in [0.1, 0.15) is 0 Å². The fraction of sp³-hybridized carbons (Fsp3) is 0.500. The van der Waals surface area contributed by atoms with Gasteiger partial charge in [0.2, 0.25) is 5.91 Å². The molecule has 0 unspecified atom stereocenters. The molecule has 94 valence electrons. The molecular formula is C10H15N3O3S. The molecule has 0 fully saturated rings. The van der Waals surface area contributed by atoms with Crippen molar-refractivity contribution in [1.82, 2.24) is 5.32 Å². The third-order valence-electron chi connectivity index (χ3n) is 2.38. The standard InChI is InChI=1S/C10H15N3O3S/c1-10(2,9(11)14)6-12-4-7-3-8(13(15)16)17-5-7/h3,5,12H,4,6H2,1-2H3,(H2,11,14). The van der Waals surface area contributed by atoms with Gasteiger partial charge < -0.3 is 11.1 Å². The van der Waals surface area contributed by atoms with E-state index < -0.39 is 10.3 Å². The minimum absolute atomic E-state index is 0.121. The Labute approximate surface area is 103 Å². The van der Waals surface area contributed by atoms with E-state index in [9.17, 15) is 14.9 Å². The third kappa shape index (κ3) is 3.79. The number of thiophene rings is 1. The van der Waals surface area contributed by atoms with E-state index >= 15 is 0 Å². The Bertz CT molecular complexity index is 428. The second-order valence-corrected chi connectivity index (χ2v) is 5.29. The van der Waals surface area contributed by atoms with Crippen LogP contribution >= 0.6 is 11.3 Å². The van der Waals surface area contributed by atoms with Crippen LogP contribution in [0.2, 0.25) is 0 Å². The van der Waals surface area contributed by atoms with Crippen molar-refractivity contribution in [1.29, 1.82) is 0 Å². The number of hydrogen-bond acceptors (Lipinski definition) is 5. The molecule has 0 spiro atoms. The summed E-state index contributed by atoms with van der Waals surface area (Å²) in [4.78, 5) is 21.1. The molecule has 1 aromatic heterocycles. The van der Waals surface area contributed by atoms with Crippen molar-refractivity contribution in [3.63, 3.8) is 0 Å². The van der Waals surface area contributed by atoms with Crippen LogP contribution in [0.1, 0.15) is 19.4 Å². The molecule has 0 aliphatic rings. The fourth-order valence-electron chi connectivity index (χ4n) is 1.16. The minimum Gasteiger partial charge on any atom is -0.369 e. The molecule has 0 bridgehead atoms. The van der Waals surface area contributed by atoms with E-state index in [1.54, 1.807) is 19.2 Å². The zero-order chi connectivity index (χ0) is 13.1. The Hall–Kier alpha value is -1.47. The smallest absolute Gasteiger partial charge is 0.324 e. The molecule has 17 heavy (non-hydrogen) atoms. The van der Waals surface area contributed by atoms with E-state index in [-0.39, 0.29) is 10.9 Å². The van der Waals surface area contributed by atoms with Crippen molar-refractivity contribution in [3.8, 4) is 0 Å². The molecule has 0 atom stereocenters. The first-order chi connectivity index (χ1) is 7.83. The molecule has 0 saturated carbocycles. The maximum atomic E-state index is 11.1.